The number of aliphatic carboxylic acids is 1. The van der Waals surface area contributed by atoms with Crippen LogP contribution in [0, 0.1) is 11.8 Å². The summed E-state index contributed by atoms with van der Waals surface area (Å²) in [4.78, 5) is 42.7. The normalized spacial score (nSPS) is 21.0. The number of rotatable bonds is 3. The Morgan fingerprint density at radius 1 is 1.16 bits per heavy atom. The van der Waals surface area contributed by atoms with Gasteiger partial charge in [-0.15, -0.1) is 0 Å². The summed E-state index contributed by atoms with van der Waals surface area (Å²) in [6.45, 7) is 5.38. The van der Waals surface area contributed by atoms with Gasteiger partial charge < -0.3 is 10.0 Å². The number of imidazole rings is 1. The van der Waals surface area contributed by atoms with Gasteiger partial charge in [0, 0.05) is 27.2 Å². The molecule has 1 aliphatic rings. The quantitative estimate of drug-likeness (QED) is 0.837. The molecule has 1 aliphatic heterocycles. The van der Waals surface area contributed by atoms with Crippen LogP contribution in [0.25, 0.3) is 11.2 Å². The van der Waals surface area contributed by atoms with Gasteiger partial charge in [-0.1, -0.05) is 13.8 Å². The molecular weight excluding hydrogens is 326 g/mol. The highest BCUT2D eigenvalue weighted by Crippen LogP contribution is 2.27. The Labute approximate surface area is 144 Å². The standard InChI is InChI=1S/C16H23N5O4/c1-9-5-10(2)7-20(6-9)15-17-13-12(21(15)8-11(22)23)14(24)19(4)16(25)18(13)3/h9-10H,5-8H2,1-4H3,(H,22,23)/t9-,10-/m1/s1. The Balaban J connectivity index is 2.30. The number of fused-ring (bicyclic) bond motifs is 1. The first-order valence-electron chi connectivity index (χ1n) is 8.33. The number of hydrogen-bond donors (Lipinski definition) is 1. The molecule has 9 nitrogen and oxygen atoms in total. The van der Waals surface area contributed by atoms with Gasteiger partial charge in [-0.2, -0.15) is 4.98 Å². The van der Waals surface area contributed by atoms with E-state index in [2.05, 4.69) is 18.8 Å². The predicted octanol–water partition coefficient (Wildman–Crippen LogP) is 0.000600. The number of hydrogen-bond acceptors (Lipinski definition) is 5. The maximum Gasteiger partial charge on any atom is 0.332 e. The highest BCUT2D eigenvalue weighted by molar-refractivity contribution is 5.78. The number of piperidine rings is 1. The third-order valence-electron chi connectivity index (χ3n) is 4.77. The molecule has 0 radical (unpaired) electrons. The Hall–Kier alpha value is -2.58. The molecule has 9 heteroatoms. The average Bonchev–Trinajstić information content (AvgIpc) is 2.88. The Bertz CT molecular complexity index is 944. The number of anilines is 1. The summed E-state index contributed by atoms with van der Waals surface area (Å²) in [5.74, 6) is 0.255. The van der Waals surface area contributed by atoms with Crippen molar-refractivity contribution >= 4 is 23.1 Å². The van der Waals surface area contributed by atoms with E-state index in [0.29, 0.717) is 17.8 Å². The zero-order valence-corrected chi connectivity index (χ0v) is 14.9. The molecule has 2 atom stereocenters. The zero-order valence-electron chi connectivity index (χ0n) is 14.9. The predicted molar refractivity (Wildman–Crippen MR) is 93.0 cm³/mol. The summed E-state index contributed by atoms with van der Waals surface area (Å²) in [5.41, 5.74) is -0.649. The number of carbonyl (C=O) groups is 1. The lowest BCUT2D eigenvalue weighted by atomic mass is 9.92. The van der Waals surface area contributed by atoms with E-state index in [0.717, 1.165) is 24.1 Å². The molecular formula is C16H23N5O4. The number of carboxylic acids is 1. The first kappa shape index (κ1) is 17.2. The highest BCUT2D eigenvalue weighted by Gasteiger charge is 2.28. The molecule has 2 aromatic heterocycles. The number of nitrogens with zero attached hydrogens (tertiary/aromatic N) is 5. The lowest BCUT2D eigenvalue weighted by molar-refractivity contribution is -0.137. The molecule has 3 heterocycles. The van der Waals surface area contributed by atoms with Crippen molar-refractivity contribution in [3.05, 3.63) is 20.8 Å². The van der Waals surface area contributed by atoms with E-state index in [1.807, 2.05) is 4.90 Å². The van der Waals surface area contributed by atoms with Gasteiger partial charge in [-0.25, -0.2) is 4.79 Å². The maximum absolute atomic E-state index is 12.6. The van der Waals surface area contributed by atoms with Crippen molar-refractivity contribution in [1.82, 2.24) is 18.7 Å². The third kappa shape index (κ3) is 2.83. The van der Waals surface area contributed by atoms with Crippen LogP contribution in [0.15, 0.2) is 9.59 Å². The van der Waals surface area contributed by atoms with Crippen LogP contribution >= 0.6 is 0 Å². The molecule has 136 valence electrons. The van der Waals surface area contributed by atoms with Crippen LogP contribution in [0.2, 0.25) is 0 Å². The van der Waals surface area contributed by atoms with Gasteiger partial charge in [0.1, 0.15) is 6.54 Å². The maximum atomic E-state index is 12.6. The first-order chi connectivity index (χ1) is 11.7. The molecule has 1 saturated heterocycles. The number of aromatic nitrogens is 4. The second-order valence-electron chi connectivity index (χ2n) is 7.12. The molecule has 0 spiro atoms. The van der Waals surface area contributed by atoms with Crippen LogP contribution in [0.1, 0.15) is 20.3 Å². The van der Waals surface area contributed by atoms with E-state index < -0.39 is 17.2 Å². The fourth-order valence-electron chi connectivity index (χ4n) is 3.79. The zero-order chi connectivity index (χ0) is 18.5. The summed E-state index contributed by atoms with van der Waals surface area (Å²) >= 11 is 0. The second kappa shape index (κ2) is 6.05. The Morgan fingerprint density at radius 3 is 2.32 bits per heavy atom. The van der Waals surface area contributed by atoms with Gasteiger partial charge in [-0.05, 0) is 18.3 Å². The Morgan fingerprint density at radius 2 is 1.76 bits per heavy atom. The van der Waals surface area contributed by atoms with E-state index in [4.69, 9.17) is 0 Å². The third-order valence-corrected chi connectivity index (χ3v) is 4.77. The molecule has 0 aliphatic carbocycles. The van der Waals surface area contributed by atoms with E-state index >= 15 is 0 Å². The number of aryl methyl sites for hydroxylation is 1. The van der Waals surface area contributed by atoms with Crippen LogP contribution in [-0.4, -0.2) is 42.9 Å². The summed E-state index contributed by atoms with van der Waals surface area (Å²) in [6, 6.07) is 0. The van der Waals surface area contributed by atoms with Gasteiger partial charge in [-0.3, -0.25) is 23.3 Å². The summed E-state index contributed by atoms with van der Waals surface area (Å²) in [7, 11) is 2.92. The lowest BCUT2D eigenvalue weighted by Gasteiger charge is -2.35. The van der Waals surface area contributed by atoms with Crippen LogP contribution in [0.4, 0.5) is 5.95 Å². The molecule has 0 aromatic carbocycles. The van der Waals surface area contributed by atoms with Gasteiger partial charge in [0.05, 0.1) is 0 Å². The van der Waals surface area contributed by atoms with Gasteiger partial charge >= 0.3 is 11.7 Å². The molecule has 0 unspecified atom stereocenters. The molecule has 0 amide bonds. The molecule has 1 N–H and O–H groups in total. The highest BCUT2D eigenvalue weighted by atomic mass is 16.4. The largest absolute Gasteiger partial charge is 0.480 e. The van der Waals surface area contributed by atoms with Crippen molar-refractivity contribution in [2.75, 3.05) is 18.0 Å². The van der Waals surface area contributed by atoms with Gasteiger partial charge in [0.2, 0.25) is 5.95 Å². The minimum atomic E-state index is -1.06. The van der Waals surface area contributed by atoms with Crippen LogP contribution < -0.4 is 16.1 Å². The molecule has 2 aromatic rings. The van der Waals surface area contributed by atoms with E-state index in [9.17, 15) is 19.5 Å². The van der Waals surface area contributed by atoms with Crippen molar-refractivity contribution in [3.8, 4) is 0 Å². The summed E-state index contributed by atoms with van der Waals surface area (Å²) in [5, 5.41) is 9.31. The van der Waals surface area contributed by atoms with Crippen LogP contribution in [-0.2, 0) is 25.4 Å². The Kier molecular flexibility index (Phi) is 4.18. The smallest absolute Gasteiger partial charge is 0.332 e. The second-order valence-corrected chi connectivity index (χ2v) is 7.12. The van der Waals surface area contributed by atoms with Crippen molar-refractivity contribution < 1.29 is 9.90 Å². The SMILES string of the molecule is C[C@@H]1C[C@@H](C)CN(c2nc3c(c(=O)n(C)c(=O)n3C)n2CC(=O)O)C1. The molecule has 0 bridgehead atoms. The molecule has 25 heavy (non-hydrogen) atoms. The van der Waals surface area contributed by atoms with Crippen LogP contribution in [0.3, 0.4) is 0 Å². The van der Waals surface area contributed by atoms with Crippen LogP contribution in [0.5, 0.6) is 0 Å². The number of carboxylic acid groups (broad SMARTS) is 1. The molecule has 1 fully saturated rings. The van der Waals surface area contributed by atoms with Crippen molar-refractivity contribution in [1.29, 1.82) is 0 Å². The summed E-state index contributed by atoms with van der Waals surface area (Å²) < 4.78 is 3.69. The van der Waals surface area contributed by atoms with Crippen molar-refractivity contribution in [2.45, 2.75) is 26.8 Å². The van der Waals surface area contributed by atoms with E-state index in [-0.39, 0.29) is 17.7 Å². The lowest BCUT2D eigenvalue weighted by Crippen LogP contribution is -2.40. The fourth-order valence-corrected chi connectivity index (χ4v) is 3.79. The van der Waals surface area contributed by atoms with E-state index in [1.54, 1.807) is 0 Å². The van der Waals surface area contributed by atoms with Crippen molar-refractivity contribution in [3.63, 3.8) is 0 Å². The minimum Gasteiger partial charge on any atom is -0.480 e. The monoisotopic (exact) mass is 349 g/mol. The molecule has 3 rings (SSSR count). The van der Waals surface area contributed by atoms with Crippen molar-refractivity contribution in [2.24, 2.45) is 25.9 Å². The molecule has 0 saturated carbocycles. The van der Waals surface area contributed by atoms with E-state index in [1.165, 1.54) is 23.2 Å². The summed E-state index contributed by atoms with van der Waals surface area (Å²) in [6.07, 6.45) is 1.09. The topological polar surface area (TPSA) is 102 Å². The first-order valence-corrected chi connectivity index (χ1v) is 8.33. The average molecular weight is 349 g/mol. The van der Waals surface area contributed by atoms with Gasteiger partial charge in [0.15, 0.2) is 11.2 Å². The fraction of sp³-hybridized carbons (Fsp3) is 0.625. The minimum absolute atomic E-state index is 0.146. The van der Waals surface area contributed by atoms with Gasteiger partial charge in [0.25, 0.3) is 5.56 Å².